The van der Waals surface area contributed by atoms with Gasteiger partial charge in [0.15, 0.2) is 0 Å². The van der Waals surface area contributed by atoms with Gasteiger partial charge in [0.05, 0.1) is 11.4 Å². The van der Waals surface area contributed by atoms with Gasteiger partial charge in [0.25, 0.3) is 0 Å². The second-order valence-corrected chi connectivity index (χ2v) is 4.45. The quantitative estimate of drug-likeness (QED) is 0.569. The molecule has 4 aromatic rings. The molecule has 0 bridgehead atoms. The maximum atomic E-state index is 5.57. The molecule has 0 aliphatic heterocycles. The molecule has 3 heterocycles. The molecule has 4 rings (SSSR count). The summed E-state index contributed by atoms with van der Waals surface area (Å²) in [7, 11) is 0. The Morgan fingerprint density at radius 1 is 1.00 bits per heavy atom. The van der Waals surface area contributed by atoms with Crippen LogP contribution in [0.25, 0.3) is 28.0 Å². The molecule has 0 spiro atoms. The molecule has 0 amide bonds. The standard InChI is InChI=1S/C13H10N8/c14-11-5-3-9(16-17-11)8-2-4-10(21-7-1-6-15-21)13-12(8)18-20-19-13/h1-7H,(H2,14,17)(H,18,19,20). The van der Waals surface area contributed by atoms with Crippen LogP contribution in [-0.2, 0) is 0 Å². The average molecular weight is 278 g/mol. The van der Waals surface area contributed by atoms with Crippen LogP contribution >= 0.6 is 0 Å². The summed E-state index contributed by atoms with van der Waals surface area (Å²) in [6.07, 6.45) is 3.57. The van der Waals surface area contributed by atoms with E-state index in [0.29, 0.717) is 17.0 Å². The van der Waals surface area contributed by atoms with Crippen LogP contribution in [0.5, 0.6) is 0 Å². The predicted molar refractivity (Wildman–Crippen MR) is 76.4 cm³/mol. The van der Waals surface area contributed by atoms with Gasteiger partial charge in [-0.25, -0.2) is 4.68 Å². The lowest BCUT2D eigenvalue weighted by Gasteiger charge is -2.05. The Bertz CT molecular complexity index is 892. The van der Waals surface area contributed by atoms with Gasteiger partial charge in [0.1, 0.15) is 16.9 Å². The van der Waals surface area contributed by atoms with Crippen LogP contribution < -0.4 is 5.73 Å². The number of nitrogen functional groups attached to an aromatic ring is 1. The molecule has 8 heteroatoms. The first-order chi connectivity index (χ1) is 10.3. The molecule has 21 heavy (non-hydrogen) atoms. The Balaban J connectivity index is 1.95. The van der Waals surface area contributed by atoms with E-state index in [0.717, 1.165) is 16.8 Å². The minimum absolute atomic E-state index is 0.378. The summed E-state index contributed by atoms with van der Waals surface area (Å²) in [5, 5.41) is 23.3. The van der Waals surface area contributed by atoms with Crippen molar-refractivity contribution < 1.29 is 0 Å². The molecule has 0 atom stereocenters. The Labute approximate surface area is 118 Å². The van der Waals surface area contributed by atoms with Crippen molar-refractivity contribution in [2.75, 3.05) is 5.73 Å². The molecule has 0 saturated carbocycles. The Morgan fingerprint density at radius 3 is 2.67 bits per heavy atom. The second-order valence-electron chi connectivity index (χ2n) is 4.45. The number of hydrogen-bond donors (Lipinski definition) is 2. The highest BCUT2D eigenvalue weighted by Gasteiger charge is 2.14. The van der Waals surface area contributed by atoms with Crippen molar-refractivity contribution in [1.29, 1.82) is 0 Å². The maximum absolute atomic E-state index is 5.57. The highest BCUT2D eigenvalue weighted by molar-refractivity contribution is 5.94. The third-order valence-corrected chi connectivity index (χ3v) is 3.17. The number of aromatic amines is 1. The van der Waals surface area contributed by atoms with E-state index < -0.39 is 0 Å². The van der Waals surface area contributed by atoms with Crippen molar-refractivity contribution in [3.8, 4) is 16.9 Å². The number of H-pyrrole nitrogens is 1. The Hall–Kier alpha value is -3.29. The van der Waals surface area contributed by atoms with Gasteiger partial charge in [-0.2, -0.15) is 20.5 Å². The van der Waals surface area contributed by atoms with Gasteiger partial charge in [-0.15, -0.1) is 10.2 Å². The number of aromatic nitrogens is 7. The number of hydrogen-bond acceptors (Lipinski definition) is 6. The molecule has 8 nitrogen and oxygen atoms in total. The van der Waals surface area contributed by atoms with E-state index >= 15 is 0 Å². The zero-order valence-electron chi connectivity index (χ0n) is 10.8. The van der Waals surface area contributed by atoms with E-state index in [2.05, 4.69) is 30.7 Å². The molecule has 0 unspecified atom stereocenters. The van der Waals surface area contributed by atoms with Crippen LogP contribution in [0.1, 0.15) is 0 Å². The summed E-state index contributed by atoms with van der Waals surface area (Å²) in [4.78, 5) is 0. The highest BCUT2D eigenvalue weighted by atomic mass is 15.3. The number of anilines is 1. The lowest BCUT2D eigenvalue weighted by Crippen LogP contribution is -1.98. The maximum Gasteiger partial charge on any atom is 0.146 e. The third-order valence-electron chi connectivity index (χ3n) is 3.17. The number of nitrogens with one attached hydrogen (secondary N) is 1. The topological polar surface area (TPSA) is 111 Å². The van der Waals surface area contributed by atoms with E-state index in [-0.39, 0.29) is 0 Å². The summed E-state index contributed by atoms with van der Waals surface area (Å²) in [5.74, 6) is 0.378. The number of fused-ring (bicyclic) bond motifs is 1. The van der Waals surface area contributed by atoms with Gasteiger partial charge in [-0.05, 0) is 30.3 Å². The zero-order valence-corrected chi connectivity index (χ0v) is 10.8. The number of nitrogens with zero attached hydrogens (tertiary/aromatic N) is 6. The molecule has 0 aliphatic carbocycles. The van der Waals surface area contributed by atoms with Gasteiger partial charge >= 0.3 is 0 Å². The predicted octanol–water partition coefficient (Wildman–Crippen LogP) is 1.18. The Morgan fingerprint density at radius 2 is 1.90 bits per heavy atom. The average Bonchev–Trinajstić information content (AvgIpc) is 3.19. The highest BCUT2D eigenvalue weighted by Crippen LogP contribution is 2.28. The molecule has 3 aromatic heterocycles. The van der Waals surface area contributed by atoms with Gasteiger partial charge in [-0.1, -0.05) is 0 Å². The molecule has 0 saturated heterocycles. The van der Waals surface area contributed by atoms with Crippen LogP contribution in [0.2, 0.25) is 0 Å². The van der Waals surface area contributed by atoms with E-state index in [1.807, 2.05) is 24.4 Å². The summed E-state index contributed by atoms with van der Waals surface area (Å²) in [6, 6.07) is 9.20. The van der Waals surface area contributed by atoms with Crippen molar-refractivity contribution in [3.63, 3.8) is 0 Å². The van der Waals surface area contributed by atoms with Gasteiger partial charge in [0, 0.05) is 18.0 Å². The second kappa shape index (κ2) is 4.37. The molecule has 0 aliphatic rings. The monoisotopic (exact) mass is 278 g/mol. The molecule has 0 fully saturated rings. The van der Waals surface area contributed by atoms with E-state index in [1.54, 1.807) is 23.0 Å². The number of nitrogens with two attached hydrogens (primary N) is 1. The van der Waals surface area contributed by atoms with E-state index in [9.17, 15) is 0 Å². The first-order valence-corrected chi connectivity index (χ1v) is 6.26. The van der Waals surface area contributed by atoms with Crippen molar-refractivity contribution in [2.24, 2.45) is 0 Å². The summed E-state index contributed by atoms with van der Waals surface area (Å²) in [5.41, 5.74) is 9.36. The minimum atomic E-state index is 0.378. The molecular weight excluding hydrogens is 268 g/mol. The summed E-state index contributed by atoms with van der Waals surface area (Å²) in [6.45, 7) is 0. The SMILES string of the molecule is Nc1ccc(-c2ccc(-n3cccn3)c3n[nH]nc23)nn1. The van der Waals surface area contributed by atoms with Gasteiger partial charge in [-0.3, -0.25) is 0 Å². The molecule has 0 radical (unpaired) electrons. The van der Waals surface area contributed by atoms with Crippen LogP contribution in [0.4, 0.5) is 5.82 Å². The normalized spacial score (nSPS) is 11.0. The largest absolute Gasteiger partial charge is 0.382 e. The lowest BCUT2D eigenvalue weighted by molar-refractivity contribution is 0.881. The first-order valence-electron chi connectivity index (χ1n) is 6.26. The fourth-order valence-corrected chi connectivity index (χ4v) is 2.21. The molecule has 102 valence electrons. The summed E-state index contributed by atoms with van der Waals surface area (Å²) < 4.78 is 1.74. The summed E-state index contributed by atoms with van der Waals surface area (Å²) >= 11 is 0. The number of benzene rings is 1. The van der Waals surface area contributed by atoms with Gasteiger partial charge in [0.2, 0.25) is 0 Å². The van der Waals surface area contributed by atoms with E-state index in [4.69, 9.17) is 5.73 Å². The van der Waals surface area contributed by atoms with Crippen LogP contribution in [-0.4, -0.2) is 35.4 Å². The zero-order chi connectivity index (χ0) is 14.2. The fourth-order valence-electron chi connectivity index (χ4n) is 2.21. The molecule has 1 aromatic carbocycles. The number of rotatable bonds is 2. The van der Waals surface area contributed by atoms with Crippen molar-refractivity contribution in [2.45, 2.75) is 0 Å². The van der Waals surface area contributed by atoms with Crippen molar-refractivity contribution in [1.82, 2.24) is 35.4 Å². The smallest absolute Gasteiger partial charge is 0.146 e. The third kappa shape index (κ3) is 1.81. The lowest BCUT2D eigenvalue weighted by atomic mass is 10.1. The molecule has 3 N–H and O–H groups in total. The van der Waals surface area contributed by atoms with Crippen LogP contribution in [0.15, 0.2) is 42.7 Å². The fraction of sp³-hybridized carbons (Fsp3) is 0. The minimum Gasteiger partial charge on any atom is -0.382 e. The van der Waals surface area contributed by atoms with Gasteiger partial charge < -0.3 is 5.73 Å². The first kappa shape index (κ1) is 11.5. The van der Waals surface area contributed by atoms with Crippen LogP contribution in [0, 0.1) is 0 Å². The van der Waals surface area contributed by atoms with Crippen molar-refractivity contribution >= 4 is 16.9 Å². The van der Waals surface area contributed by atoms with Crippen LogP contribution in [0.3, 0.4) is 0 Å². The van der Waals surface area contributed by atoms with E-state index in [1.165, 1.54) is 0 Å². The Kier molecular flexibility index (Phi) is 2.40. The van der Waals surface area contributed by atoms with Crippen molar-refractivity contribution in [3.05, 3.63) is 42.7 Å². The molecular formula is C13H10N8.